The summed E-state index contributed by atoms with van der Waals surface area (Å²) in [4.78, 5) is 23.2. The summed E-state index contributed by atoms with van der Waals surface area (Å²) in [5, 5.41) is 0. The van der Waals surface area contributed by atoms with Gasteiger partial charge in [0.2, 0.25) is 0 Å². The Bertz CT molecular complexity index is 653. The first-order valence-electron chi connectivity index (χ1n) is 10.9. The number of fused-ring (bicyclic) bond motifs is 5. The first-order valence-corrected chi connectivity index (χ1v) is 10.9. The Morgan fingerprint density at radius 1 is 1.07 bits per heavy atom. The third kappa shape index (κ3) is 3.03. The maximum absolute atomic E-state index is 11.6. The fourth-order valence-electron chi connectivity index (χ4n) is 7.38. The van der Waals surface area contributed by atoms with Gasteiger partial charge in [-0.15, -0.1) is 0 Å². The predicted molar refractivity (Wildman–Crippen MR) is 103 cm³/mol. The molecule has 0 bridgehead atoms. The zero-order valence-corrected chi connectivity index (χ0v) is 17.1. The molecule has 0 unspecified atom stereocenters. The van der Waals surface area contributed by atoms with Gasteiger partial charge in [0.25, 0.3) is 0 Å². The molecule has 4 nitrogen and oxygen atoms in total. The highest BCUT2D eigenvalue weighted by Crippen LogP contribution is 2.65. The minimum absolute atomic E-state index is 0.0632. The lowest BCUT2D eigenvalue weighted by Crippen LogP contribution is -2.53. The quantitative estimate of drug-likeness (QED) is 0.525. The van der Waals surface area contributed by atoms with Crippen LogP contribution in [0.2, 0.25) is 0 Å². The van der Waals surface area contributed by atoms with Crippen molar-refractivity contribution in [2.24, 2.45) is 28.6 Å². The lowest BCUT2D eigenvalue weighted by atomic mass is 9.47. The molecule has 0 radical (unpaired) electrons. The van der Waals surface area contributed by atoms with Crippen LogP contribution in [0.25, 0.3) is 0 Å². The summed E-state index contributed by atoms with van der Waals surface area (Å²) in [6, 6.07) is 0. The summed E-state index contributed by atoms with van der Waals surface area (Å²) >= 11 is 0. The van der Waals surface area contributed by atoms with E-state index in [1.807, 2.05) is 0 Å². The molecule has 0 saturated heterocycles. The minimum atomic E-state index is -0.159. The Kier molecular flexibility index (Phi) is 4.88. The number of rotatable bonds is 3. The van der Waals surface area contributed by atoms with Crippen LogP contribution in [0.5, 0.6) is 0 Å². The van der Waals surface area contributed by atoms with Gasteiger partial charge in [-0.1, -0.05) is 18.6 Å². The van der Waals surface area contributed by atoms with Gasteiger partial charge in [0, 0.05) is 24.7 Å². The minimum Gasteiger partial charge on any atom is -0.465 e. The lowest BCUT2D eigenvalue weighted by molar-refractivity contribution is -0.159. The number of hydrogen-bond donors (Lipinski definition) is 0. The van der Waals surface area contributed by atoms with Crippen LogP contribution in [0.4, 0.5) is 0 Å². The van der Waals surface area contributed by atoms with Crippen LogP contribution < -0.4 is 0 Å². The van der Waals surface area contributed by atoms with Gasteiger partial charge in [-0.3, -0.25) is 9.59 Å². The van der Waals surface area contributed by atoms with Crippen molar-refractivity contribution in [2.45, 2.75) is 84.7 Å². The SMILES string of the molecule is CC(=O)OC[C@]12CCCC=C1CC[C@@H]1[C@@H]2CC[C@]2(C)[C@@H](OC(C)=O)CC[C@@H]12. The molecule has 3 saturated carbocycles. The van der Waals surface area contributed by atoms with Crippen molar-refractivity contribution in [3.05, 3.63) is 11.6 Å². The van der Waals surface area contributed by atoms with Gasteiger partial charge in [0.05, 0.1) is 0 Å². The van der Waals surface area contributed by atoms with Crippen molar-refractivity contribution in [3.63, 3.8) is 0 Å². The Morgan fingerprint density at radius 2 is 1.89 bits per heavy atom. The zero-order valence-electron chi connectivity index (χ0n) is 17.1. The Hall–Kier alpha value is -1.32. The number of carbonyl (C=O) groups excluding carboxylic acids is 2. The molecule has 4 aliphatic carbocycles. The summed E-state index contributed by atoms with van der Waals surface area (Å²) in [5.74, 6) is 1.59. The van der Waals surface area contributed by atoms with Gasteiger partial charge in [0.15, 0.2) is 0 Å². The molecule has 0 N–H and O–H groups in total. The molecule has 0 aliphatic heterocycles. The topological polar surface area (TPSA) is 52.6 Å². The standard InChI is InChI=1S/C23H34O4/c1-15(24)26-14-23-12-5-4-6-17(23)7-8-18-19-9-10-21(27-16(2)25)22(19,3)13-11-20(18)23/h6,18-21H,4-5,7-14H2,1-3H3/t18-,19-,20-,21-,22-,23+/m0/s1. The van der Waals surface area contributed by atoms with Crippen molar-refractivity contribution in [2.75, 3.05) is 6.61 Å². The highest BCUT2D eigenvalue weighted by Gasteiger charge is 2.61. The summed E-state index contributed by atoms with van der Waals surface area (Å²) in [5.41, 5.74) is 1.74. The Morgan fingerprint density at radius 3 is 2.63 bits per heavy atom. The van der Waals surface area contributed by atoms with E-state index >= 15 is 0 Å². The first-order chi connectivity index (χ1) is 12.9. The maximum atomic E-state index is 11.6. The van der Waals surface area contributed by atoms with Crippen molar-refractivity contribution in [1.82, 2.24) is 0 Å². The molecule has 3 fully saturated rings. The van der Waals surface area contributed by atoms with Crippen LogP contribution in [-0.2, 0) is 19.1 Å². The fourth-order valence-corrected chi connectivity index (χ4v) is 7.38. The monoisotopic (exact) mass is 374 g/mol. The average molecular weight is 375 g/mol. The van der Waals surface area contributed by atoms with E-state index in [4.69, 9.17) is 9.47 Å². The number of carbonyl (C=O) groups is 2. The van der Waals surface area contributed by atoms with E-state index in [1.165, 1.54) is 33.1 Å². The number of esters is 2. The zero-order chi connectivity index (χ0) is 19.2. The van der Waals surface area contributed by atoms with Crippen LogP contribution in [0, 0.1) is 28.6 Å². The molecule has 0 heterocycles. The Balaban J connectivity index is 1.63. The molecule has 4 aliphatic rings. The van der Waals surface area contributed by atoms with Gasteiger partial charge in [-0.2, -0.15) is 0 Å². The number of hydrogen-bond acceptors (Lipinski definition) is 4. The lowest BCUT2D eigenvalue weighted by Gasteiger charge is -2.58. The van der Waals surface area contributed by atoms with Crippen molar-refractivity contribution < 1.29 is 19.1 Å². The van der Waals surface area contributed by atoms with Gasteiger partial charge < -0.3 is 9.47 Å². The van der Waals surface area contributed by atoms with Crippen molar-refractivity contribution in [3.8, 4) is 0 Å². The molecule has 150 valence electrons. The molecule has 4 heteroatoms. The van der Waals surface area contributed by atoms with Crippen LogP contribution >= 0.6 is 0 Å². The Labute approximate surface area is 163 Å². The molecule has 4 rings (SSSR count). The molecule has 27 heavy (non-hydrogen) atoms. The molecule has 0 aromatic carbocycles. The fraction of sp³-hybridized carbons (Fsp3) is 0.826. The summed E-state index contributed by atoms with van der Waals surface area (Å²) < 4.78 is 11.4. The van der Waals surface area contributed by atoms with Gasteiger partial charge in [-0.05, 0) is 75.5 Å². The normalized spacial score (nSPS) is 43.0. The summed E-state index contributed by atoms with van der Waals surface area (Å²) in [6.45, 7) is 5.99. The molecular weight excluding hydrogens is 340 g/mol. The number of allylic oxidation sites excluding steroid dienone is 1. The molecule has 6 atom stereocenters. The van der Waals surface area contributed by atoms with Gasteiger partial charge in [-0.25, -0.2) is 0 Å². The predicted octanol–water partition coefficient (Wildman–Crippen LogP) is 4.81. The molecular formula is C23H34O4. The molecule has 0 aromatic rings. The van der Waals surface area contributed by atoms with E-state index in [-0.39, 0.29) is 28.9 Å². The van der Waals surface area contributed by atoms with Crippen LogP contribution in [0.15, 0.2) is 11.6 Å². The smallest absolute Gasteiger partial charge is 0.302 e. The second-order valence-corrected chi connectivity index (χ2v) is 9.69. The van der Waals surface area contributed by atoms with Crippen LogP contribution in [0.3, 0.4) is 0 Å². The highest BCUT2D eigenvalue weighted by molar-refractivity contribution is 5.66. The van der Waals surface area contributed by atoms with E-state index in [0.717, 1.165) is 38.5 Å². The molecule has 0 aromatic heterocycles. The van der Waals surface area contributed by atoms with E-state index in [2.05, 4.69) is 13.0 Å². The second-order valence-electron chi connectivity index (χ2n) is 9.69. The van der Waals surface area contributed by atoms with E-state index in [0.29, 0.717) is 24.4 Å². The van der Waals surface area contributed by atoms with E-state index in [9.17, 15) is 9.59 Å². The second kappa shape index (κ2) is 6.93. The first kappa shape index (κ1) is 19.0. The van der Waals surface area contributed by atoms with Crippen molar-refractivity contribution >= 4 is 11.9 Å². The van der Waals surface area contributed by atoms with Gasteiger partial charge >= 0.3 is 11.9 Å². The van der Waals surface area contributed by atoms with Crippen LogP contribution in [-0.4, -0.2) is 24.6 Å². The van der Waals surface area contributed by atoms with Gasteiger partial charge in [0.1, 0.15) is 12.7 Å². The summed E-state index contributed by atoms with van der Waals surface area (Å²) in [6.07, 6.45) is 12.9. The van der Waals surface area contributed by atoms with Crippen LogP contribution in [0.1, 0.15) is 78.6 Å². The largest absolute Gasteiger partial charge is 0.465 e. The molecule has 0 spiro atoms. The third-order valence-corrected chi connectivity index (χ3v) is 8.51. The average Bonchev–Trinajstić information content (AvgIpc) is 2.95. The van der Waals surface area contributed by atoms with Crippen molar-refractivity contribution in [1.29, 1.82) is 0 Å². The maximum Gasteiger partial charge on any atom is 0.302 e. The number of ether oxygens (including phenoxy) is 2. The molecule has 0 amide bonds. The van der Waals surface area contributed by atoms with E-state index < -0.39 is 0 Å². The third-order valence-electron chi connectivity index (χ3n) is 8.51. The highest BCUT2D eigenvalue weighted by atomic mass is 16.5. The summed E-state index contributed by atoms with van der Waals surface area (Å²) in [7, 11) is 0. The van der Waals surface area contributed by atoms with E-state index in [1.54, 1.807) is 5.57 Å².